The molecule has 1 aliphatic heterocycles. The Labute approximate surface area is 119 Å². The number of hydrogen-bond acceptors (Lipinski definition) is 4. The second-order valence-corrected chi connectivity index (χ2v) is 6.09. The van der Waals surface area contributed by atoms with Gasteiger partial charge in [-0.05, 0) is 52.3 Å². The second kappa shape index (κ2) is 5.97. The maximum Gasteiger partial charge on any atom is 0.234 e. The topological polar surface area (TPSA) is 65.7 Å². The lowest BCUT2D eigenvalue weighted by Gasteiger charge is -2.33. The Morgan fingerprint density at radius 3 is 3.00 bits per heavy atom. The molecule has 1 saturated heterocycles. The highest BCUT2D eigenvalue weighted by Crippen LogP contribution is 2.26. The van der Waals surface area contributed by atoms with Gasteiger partial charge in [-0.3, -0.25) is 9.69 Å². The first-order valence-electron chi connectivity index (χ1n) is 7.17. The molecule has 1 aromatic heterocycles. The summed E-state index contributed by atoms with van der Waals surface area (Å²) < 4.78 is 5.27. The van der Waals surface area contributed by atoms with Gasteiger partial charge in [-0.2, -0.15) is 0 Å². The lowest BCUT2D eigenvalue weighted by atomic mass is 9.97. The molecule has 2 unspecified atom stereocenters. The van der Waals surface area contributed by atoms with Gasteiger partial charge in [0, 0.05) is 6.04 Å². The number of furan rings is 1. The van der Waals surface area contributed by atoms with Gasteiger partial charge < -0.3 is 14.8 Å². The van der Waals surface area contributed by atoms with E-state index < -0.39 is 5.60 Å². The molecule has 5 heteroatoms. The van der Waals surface area contributed by atoms with Crippen molar-refractivity contribution in [2.45, 2.75) is 51.3 Å². The van der Waals surface area contributed by atoms with Crippen LogP contribution in [0, 0.1) is 0 Å². The van der Waals surface area contributed by atoms with Gasteiger partial charge in [0.25, 0.3) is 0 Å². The summed E-state index contributed by atoms with van der Waals surface area (Å²) in [7, 11) is 0. The number of aliphatic hydroxyl groups is 1. The average molecular weight is 280 g/mol. The summed E-state index contributed by atoms with van der Waals surface area (Å²) in [5.74, 6) is 0.712. The largest absolute Gasteiger partial charge is 0.467 e. The highest BCUT2D eigenvalue weighted by molar-refractivity contribution is 5.78. The number of amides is 1. The summed E-state index contributed by atoms with van der Waals surface area (Å²) in [5, 5.41) is 13.1. The molecule has 1 aromatic rings. The first-order valence-corrected chi connectivity index (χ1v) is 7.17. The zero-order valence-corrected chi connectivity index (χ0v) is 12.4. The van der Waals surface area contributed by atoms with Crippen molar-refractivity contribution in [3.05, 3.63) is 24.2 Å². The third kappa shape index (κ3) is 3.61. The van der Waals surface area contributed by atoms with E-state index in [1.165, 1.54) is 0 Å². The second-order valence-electron chi connectivity index (χ2n) is 6.09. The Morgan fingerprint density at radius 2 is 2.40 bits per heavy atom. The van der Waals surface area contributed by atoms with Gasteiger partial charge >= 0.3 is 0 Å². The van der Waals surface area contributed by atoms with E-state index in [4.69, 9.17) is 4.42 Å². The van der Waals surface area contributed by atoms with Crippen LogP contribution < -0.4 is 5.32 Å². The first-order chi connectivity index (χ1) is 9.38. The number of nitrogens with one attached hydrogen (secondary N) is 1. The molecular weight excluding hydrogens is 256 g/mol. The van der Waals surface area contributed by atoms with E-state index in [2.05, 4.69) is 10.2 Å². The molecule has 0 aliphatic carbocycles. The summed E-state index contributed by atoms with van der Waals surface area (Å²) in [4.78, 5) is 14.2. The van der Waals surface area contributed by atoms with Crippen molar-refractivity contribution in [1.29, 1.82) is 0 Å². The number of hydrogen-bond donors (Lipinski definition) is 2. The highest BCUT2D eigenvalue weighted by Gasteiger charge is 2.36. The summed E-state index contributed by atoms with van der Waals surface area (Å²) in [6, 6.07) is 3.57. The SMILES string of the molecule is CC(NC(=O)CN1CCCC1C(C)(C)O)c1ccco1. The minimum absolute atomic E-state index is 0.0370. The van der Waals surface area contributed by atoms with E-state index in [-0.39, 0.29) is 18.0 Å². The molecule has 1 aliphatic rings. The maximum absolute atomic E-state index is 12.1. The van der Waals surface area contributed by atoms with Crippen LogP contribution in [0.15, 0.2) is 22.8 Å². The molecule has 0 radical (unpaired) electrons. The molecule has 5 nitrogen and oxygen atoms in total. The van der Waals surface area contributed by atoms with E-state index in [0.29, 0.717) is 6.54 Å². The van der Waals surface area contributed by atoms with Gasteiger partial charge in [-0.25, -0.2) is 0 Å². The van der Waals surface area contributed by atoms with Crippen molar-refractivity contribution in [2.24, 2.45) is 0 Å². The summed E-state index contributed by atoms with van der Waals surface area (Å²) in [6.07, 6.45) is 3.56. The zero-order valence-electron chi connectivity index (χ0n) is 12.4. The van der Waals surface area contributed by atoms with E-state index in [0.717, 1.165) is 25.1 Å². The molecule has 0 spiro atoms. The van der Waals surface area contributed by atoms with Crippen molar-refractivity contribution in [3.8, 4) is 0 Å². The fraction of sp³-hybridized carbons (Fsp3) is 0.667. The summed E-state index contributed by atoms with van der Waals surface area (Å²) in [5.41, 5.74) is -0.774. The van der Waals surface area contributed by atoms with Gasteiger partial charge in [-0.15, -0.1) is 0 Å². The van der Waals surface area contributed by atoms with Crippen molar-refractivity contribution < 1.29 is 14.3 Å². The zero-order chi connectivity index (χ0) is 14.8. The van der Waals surface area contributed by atoms with Crippen LogP contribution in [-0.2, 0) is 4.79 Å². The van der Waals surface area contributed by atoms with Crippen LogP contribution >= 0.6 is 0 Å². The lowest BCUT2D eigenvalue weighted by molar-refractivity contribution is -0.124. The highest BCUT2D eigenvalue weighted by atomic mass is 16.3. The molecule has 2 rings (SSSR count). The monoisotopic (exact) mass is 280 g/mol. The van der Waals surface area contributed by atoms with Gasteiger partial charge in [0.05, 0.1) is 24.5 Å². The molecule has 1 fully saturated rings. The van der Waals surface area contributed by atoms with Crippen LogP contribution in [0.5, 0.6) is 0 Å². The molecule has 2 N–H and O–H groups in total. The number of likely N-dealkylation sites (tertiary alicyclic amines) is 1. The van der Waals surface area contributed by atoms with E-state index in [1.54, 1.807) is 20.1 Å². The van der Waals surface area contributed by atoms with Crippen LogP contribution in [0.3, 0.4) is 0 Å². The lowest BCUT2D eigenvalue weighted by Crippen LogP contribution is -2.49. The minimum atomic E-state index is -0.774. The Kier molecular flexibility index (Phi) is 4.50. The molecule has 20 heavy (non-hydrogen) atoms. The Morgan fingerprint density at radius 1 is 1.65 bits per heavy atom. The van der Waals surface area contributed by atoms with E-state index in [1.807, 2.05) is 19.1 Å². The average Bonchev–Trinajstić information content (AvgIpc) is 2.97. The number of carbonyl (C=O) groups excluding carboxylic acids is 1. The molecule has 2 atom stereocenters. The summed E-state index contributed by atoms with van der Waals surface area (Å²) in [6.45, 7) is 6.68. The van der Waals surface area contributed by atoms with Crippen molar-refractivity contribution >= 4 is 5.91 Å². The molecule has 2 heterocycles. The normalized spacial score (nSPS) is 21.9. The molecule has 1 amide bonds. The number of carbonyl (C=O) groups is 1. The van der Waals surface area contributed by atoms with Crippen LogP contribution in [0.2, 0.25) is 0 Å². The standard InChI is InChI=1S/C15H24N2O3/c1-11(12-6-5-9-20-12)16-14(18)10-17-8-4-7-13(17)15(2,3)19/h5-6,9,11,13,19H,4,7-8,10H2,1-3H3,(H,16,18). The Hall–Kier alpha value is -1.33. The van der Waals surface area contributed by atoms with E-state index in [9.17, 15) is 9.90 Å². The predicted octanol–water partition coefficient (Wildman–Crippen LogP) is 1.69. The Balaban J connectivity index is 1.88. The van der Waals surface area contributed by atoms with Crippen LogP contribution in [0.1, 0.15) is 45.4 Å². The molecule has 112 valence electrons. The van der Waals surface area contributed by atoms with Gasteiger partial charge in [0.15, 0.2) is 0 Å². The van der Waals surface area contributed by atoms with Crippen LogP contribution in [-0.4, -0.2) is 40.6 Å². The summed E-state index contributed by atoms with van der Waals surface area (Å²) >= 11 is 0. The predicted molar refractivity (Wildman–Crippen MR) is 76.2 cm³/mol. The smallest absolute Gasteiger partial charge is 0.234 e. The molecule has 0 bridgehead atoms. The third-order valence-corrected chi connectivity index (χ3v) is 3.87. The van der Waals surface area contributed by atoms with E-state index >= 15 is 0 Å². The molecule has 0 aromatic carbocycles. The quantitative estimate of drug-likeness (QED) is 0.861. The fourth-order valence-corrected chi connectivity index (χ4v) is 2.90. The maximum atomic E-state index is 12.1. The van der Waals surface area contributed by atoms with Gasteiger partial charge in [-0.1, -0.05) is 0 Å². The van der Waals surface area contributed by atoms with Crippen molar-refractivity contribution in [1.82, 2.24) is 10.2 Å². The Bertz CT molecular complexity index is 436. The van der Waals surface area contributed by atoms with Crippen LogP contribution in [0.4, 0.5) is 0 Å². The molecular formula is C15H24N2O3. The van der Waals surface area contributed by atoms with Crippen LogP contribution in [0.25, 0.3) is 0 Å². The van der Waals surface area contributed by atoms with Crippen molar-refractivity contribution in [3.63, 3.8) is 0 Å². The minimum Gasteiger partial charge on any atom is -0.467 e. The van der Waals surface area contributed by atoms with Gasteiger partial charge in [0.2, 0.25) is 5.91 Å². The van der Waals surface area contributed by atoms with Gasteiger partial charge in [0.1, 0.15) is 5.76 Å². The van der Waals surface area contributed by atoms with Crippen molar-refractivity contribution in [2.75, 3.05) is 13.1 Å². The molecule has 0 saturated carbocycles. The third-order valence-electron chi connectivity index (χ3n) is 3.87. The fourth-order valence-electron chi connectivity index (χ4n) is 2.90. The first kappa shape index (κ1) is 15.1. The number of rotatable bonds is 5. The number of nitrogens with zero attached hydrogens (tertiary/aromatic N) is 1.